The molecule has 2 aliphatic carbocycles. The quantitative estimate of drug-likeness (QED) is 0.160. The third kappa shape index (κ3) is 7.46. The Bertz CT molecular complexity index is 1680. The number of carbonyl (C=O) groups excluding carboxylic acids is 2. The van der Waals surface area contributed by atoms with Gasteiger partial charge in [-0.2, -0.15) is 0 Å². The molecule has 3 aromatic carbocycles. The number of urea groups is 2. The average molecular weight is 715 g/mol. The minimum Gasteiger partial charge on any atom is -0.335 e. The number of carbonyl (C=O) groups is 2. The third-order valence-corrected chi connectivity index (χ3v) is 14.1. The van der Waals surface area contributed by atoms with E-state index in [9.17, 15) is 9.59 Å². The summed E-state index contributed by atoms with van der Waals surface area (Å²) >= 11 is 0. The van der Waals surface area contributed by atoms with Crippen LogP contribution in [0.15, 0.2) is 72.8 Å². The van der Waals surface area contributed by atoms with Crippen LogP contribution >= 0.6 is 0 Å². The van der Waals surface area contributed by atoms with Crippen molar-refractivity contribution in [3.8, 4) is 0 Å². The third-order valence-electron chi connectivity index (χ3n) is 14.1. The summed E-state index contributed by atoms with van der Waals surface area (Å²) in [6, 6.07) is 28.7. The Kier molecular flexibility index (Phi) is 10.2. The maximum absolute atomic E-state index is 12.8. The zero-order valence-corrected chi connectivity index (χ0v) is 31.3. The summed E-state index contributed by atoms with van der Waals surface area (Å²) in [5.74, 6) is 1.51. The molecule has 0 spiro atoms. The predicted octanol–water partition coefficient (Wildman–Crippen LogP) is 9.29. The van der Waals surface area contributed by atoms with E-state index in [1.165, 1.54) is 77.3 Å². The Hall–Kier alpha value is -3.88. The number of hydrogen-bond acceptors (Lipinski definition) is 4. The molecule has 0 aromatic heterocycles. The molecule has 0 radical (unpaired) electrons. The highest BCUT2D eigenvalue weighted by molar-refractivity contribution is 5.89. The Balaban J connectivity index is 0.634. The van der Waals surface area contributed by atoms with E-state index in [2.05, 4.69) is 79.6 Å². The number of nitrogens with zero attached hydrogens (tertiary/aromatic N) is 2. The lowest BCUT2D eigenvalue weighted by Gasteiger charge is -2.31. The number of nitrogens with one attached hydrogen (secondary N) is 4. The highest BCUT2D eigenvalue weighted by Gasteiger charge is 2.44. The Morgan fingerprint density at radius 1 is 0.509 bits per heavy atom. The summed E-state index contributed by atoms with van der Waals surface area (Å²) in [4.78, 5) is 31.1. The van der Waals surface area contributed by atoms with Gasteiger partial charge in [0.25, 0.3) is 0 Å². The summed E-state index contributed by atoms with van der Waals surface area (Å²) in [6.07, 6.45) is 16.7. The Morgan fingerprint density at radius 2 is 0.925 bits per heavy atom. The van der Waals surface area contributed by atoms with Crippen molar-refractivity contribution in [2.75, 3.05) is 18.4 Å². The van der Waals surface area contributed by atoms with Gasteiger partial charge in [0, 0.05) is 48.5 Å². The molecule has 4 amide bonds. The molecule has 4 aliphatic heterocycles. The molecule has 4 fully saturated rings. The largest absolute Gasteiger partial charge is 0.335 e. The number of anilines is 1. The molecule has 4 heterocycles. The molecule has 3 aromatic rings. The summed E-state index contributed by atoms with van der Waals surface area (Å²) in [7, 11) is 0. The van der Waals surface area contributed by atoms with E-state index in [1.807, 2.05) is 24.3 Å². The second-order valence-electron chi connectivity index (χ2n) is 17.1. The van der Waals surface area contributed by atoms with Crippen LogP contribution < -0.4 is 21.3 Å². The van der Waals surface area contributed by atoms with Crippen LogP contribution in [0.3, 0.4) is 0 Å². The van der Waals surface area contributed by atoms with Crippen molar-refractivity contribution in [1.29, 1.82) is 0 Å². The zero-order chi connectivity index (χ0) is 35.7. The van der Waals surface area contributed by atoms with Crippen molar-refractivity contribution < 1.29 is 9.59 Å². The minimum absolute atomic E-state index is 0.0927. The Labute approximate surface area is 315 Å². The van der Waals surface area contributed by atoms with Crippen LogP contribution in [0.4, 0.5) is 15.3 Å². The van der Waals surface area contributed by atoms with Gasteiger partial charge in [0.1, 0.15) is 0 Å². The van der Waals surface area contributed by atoms with Crippen molar-refractivity contribution in [1.82, 2.24) is 25.8 Å². The van der Waals surface area contributed by atoms with Crippen molar-refractivity contribution in [3.63, 3.8) is 0 Å². The maximum atomic E-state index is 12.8. The molecule has 4 N–H and O–H groups in total. The van der Waals surface area contributed by atoms with E-state index in [0.717, 1.165) is 48.8 Å². The van der Waals surface area contributed by atoms with Crippen LogP contribution in [0, 0.1) is 11.8 Å². The molecule has 2 saturated carbocycles. The van der Waals surface area contributed by atoms with Gasteiger partial charge in [0.05, 0.1) is 0 Å². The molecule has 4 bridgehead atoms. The van der Waals surface area contributed by atoms with Crippen molar-refractivity contribution >= 4 is 17.7 Å². The standard InChI is InChI=1S/C45H58N6O2/c52-44(47-33-15-9-30(10-16-33)25-27-50-40-21-22-41(50)37-6-2-1-5-36(37)40)46-29-32-13-19-35(20-14-32)49-45(53)48-34-17-11-31(12-18-34)26-28-51-42-23-24-43(51)39-8-4-3-7-38(39)42/h1-8,13-14,19-20,30-31,33-34,40-43H,9-12,15-18,21-29H2,(H2,46,47,52)(H2,48,49,53)/t30-,31?,33-,34?,40-,41+,42-,43+. The van der Waals surface area contributed by atoms with E-state index in [4.69, 9.17) is 0 Å². The van der Waals surface area contributed by atoms with Gasteiger partial charge in [-0.15, -0.1) is 0 Å². The SMILES string of the molecule is O=C(Nc1ccc(CNC(=O)N[C@H]2CC[C@H](CCN3[C@@H]4CC[C@H]3c3ccccc34)CC2)cc1)NC1CCC(CCN2[C@@H]3CC[C@H]2c2ccccc23)CC1. The smallest absolute Gasteiger partial charge is 0.319 e. The summed E-state index contributed by atoms with van der Waals surface area (Å²) < 4.78 is 0. The van der Waals surface area contributed by atoms with Gasteiger partial charge < -0.3 is 21.3 Å². The van der Waals surface area contributed by atoms with Gasteiger partial charge in [-0.1, -0.05) is 60.7 Å². The average Bonchev–Trinajstić information content (AvgIpc) is 3.95. The number of fused-ring (bicyclic) bond motifs is 10. The minimum atomic E-state index is -0.131. The van der Waals surface area contributed by atoms with Crippen molar-refractivity contribution in [3.05, 3.63) is 101 Å². The molecule has 8 nitrogen and oxygen atoms in total. The van der Waals surface area contributed by atoms with E-state index < -0.39 is 0 Å². The van der Waals surface area contributed by atoms with E-state index in [-0.39, 0.29) is 24.1 Å². The van der Waals surface area contributed by atoms with Crippen molar-refractivity contribution in [2.45, 2.75) is 133 Å². The van der Waals surface area contributed by atoms with Crippen molar-refractivity contribution in [2.24, 2.45) is 11.8 Å². The fraction of sp³-hybridized carbons (Fsp3) is 0.556. The van der Waals surface area contributed by atoms with Gasteiger partial charge >= 0.3 is 12.1 Å². The fourth-order valence-corrected chi connectivity index (χ4v) is 11.3. The van der Waals surface area contributed by atoms with Gasteiger partial charge in [0.2, 0.25) is 0 Å². The summed E-state index contributed by atoms with van der Waals surface area (Å²) in [5, 5.41) is 12.5. The number of benzene rings is 3. The molecular weight excluding hydrogens is 657 g/mol. The molecule has 0 unspecified atom stereocenters. The van der Waals surface area contributed by atoms with E-state index >= 15 is 0 Å². The lowest BCUT2D eigenvalue weighted by Crippen LogP contribution is -2.43. The van der Waals surface area contributed by atoms with Crippen LogP contribution in [-0.2, 0) is 6.54 Å². The first kappa shape index (κ1) is 34.9. The van der Waals surface area contributed by atoms with Crippen LogP contribution in [-0.4, -0.2) is 47.0 Å². The fourth-order valence-electron chi connectivity index (χ4n) is 11.3. The van der Waals surface area contributed by atoms with E-state index in [0.29, 0.717) is 30.7 Å². The normalized spacial score (nSPS) is 30.1. The first-order chi connectivity index (χ1) is 26.1. The molecule has 280 valence electrons. The molecule has 4 atom stereocenters. The summed E-state index contributed by atoms with van der Waals surface area (Å²) in [6.45, 7) is 2.86. The van der Waals surface area contributed by atoms with Crippen LogP contribution in [0.5, 0.6) is 0 Å². The monoisotopic (exact) mass is 714 g/mol. The van der Waals surface area contributed by atoms with Gasteiger partial charge in [-0.3, -0.25) is 9.80 Å². The first-order valence-electron chi connectivity index (χ1n) is 21.0. The molecule has 8 heteroatoms. The lowest BCUT2D eigenvalue weighted by molar-refractivity contribution is 0.185. The first-order valence-corrected chi connectivity index (χ1v) is 21.0. The van der Waals surface area contributed by atoms with Gasteiger partial charge in [-0.05, 0) is 155 Å². The van der Waals surface area contributed by atoms with Crippen LogP contribution in [0.1, 0.15) is 142 Å². The predicted molar refractivity (Wildman–Crippen MR) is 210 cm³/mol. The van der Waals surface area contributed by atoms with Crippen LogP contribution in [0.25, 0.3) is 0 Å². The molecule has 2 saturated heterocycles. The highest BCUT2D eigenvalue weighted by atomic mass is 16.2. The molecule has 6 aliphatic rings. The molecule has 53 heavy (non-hydrogen) atoms. The second-order valence-corrected chi connectivity index (χ2v) is 17.1. The zero-order valence-electron chi connectivity index (χ0n) is 31.3. The summed E-state index contributed by atoms with van der Waals surface area (Å²) in [5.41, 5.74) is 8.06. The number of hydrogen-bond donors (Lipinski definition) is 4. The van der Waals surface area contributed by atoms with Gasteiger partial charge in [-0.25, -0.2) is 9.59 Å². The topological polar surface area (TPSA) is 88.7 Å². The maximum Gasteiger partial charge on any atom is 0.319 e. The van der Waals surface area contributed by atoms with Crippen LogP contribution in [0.2, 0.25) is 0 Å². The van der Waals surface area contributed by atoms with E-state index in [1.54, 1.807) is 22.3 Å². The second kappa shape index (κ2) is 15.5. The van der Waals surface area contributed by atoms with Gasteiger partial charge in [0.15, 0.2) is 0 Å². The highest BCUT2D eigenvalue weighted by Crippen LogP contribution is 2.54. The molecular formula is C45H58N6O2. The number of rotatable bonds is 11. The molecule has 9 rings (SSSR count). The number of amides is 4. The Morgan fingerprint density at radius 3 is 1.36 bits per heavy atom. The lowest BCUT2D eigenvalue weighted by atomic mass is 9.84.